The first-order valence-electron chi connectivity index (χ1n) is 6.99. The lowest BCUT2D eigenvalue weighted by Crippen LogP contribution is -2.27. The highest BCUT2D eigenvalue weighted by Gasteiger charge is 2.22. The second kappa shape index (κ2) is 6.22. The first-order valence-corrected chi connectivity index (χ1v) is 6.99. The minimum Gasteiger partial charge on any atom is -0.494 e. The van der Waals surface area contributed by atoms with Crippen molar-refractivity contribution in [3.63, 3.8) is 0 Å². The van der Waals surface area contributed by atoms with Gasteiger partial charge >= 0.3 is 0 Å². The first-order chi connectivity index (χ1) is 10.3. The number of carbonyl (C=O) groups is 1. The van der Waals surface area contributed by atoms with Gasteiger partial charge in [-0.15, -0.1) is 0 Å². The third-order valence-electron chi connectivity index (χ3n) is 3.76. The van der Waals surface area contributed by atoms with E-state index in [4.69, 9.17) is 9.15 Å². The number of hydrogen-bond acceptors (Lipinski definition) is 3. The lowest BCUT2D eigenvalue weighted by atomic mass is 10.1. The van der Waals surface area contributed by atoms with Crippen LogP contribution in [0.15, 0.2) is 22.6 Å². The number of nitrogens with zero attached hydrogens (tertiary/aromatic N) is 1. The highest BCUT2D eigenvalue weighted by Crippen LogP contribution is 2.23. The summed E-state index contributed by atoms with van der Waals surface area (Å²) in [5.74, 6) is 0.961. The Morgan fingerprint density at radius 1 is 1.27 bits per heavy atom. The normalized spacial score (nSPS) is 10.6. The smallest absolute Gasteiger partial charge is 0.257 e. The molecule has 1 heterocycles. The fraction of sp³-hybridized carbons (Fsp3) is 0.353. The van der Waals surface area contributed by atoms with Crippen molar-refractivity contribution in [2.24, 2.45) is 0 Å². The van der Waals surface area contributed by atoms with Gasteiger partial charge in [0.2, 0.25) is 0 Å². The molecule has 0 radical (unpaired) electrons. The van der Waals surface area contributed by atoms with E-state index in [-0.39, 0.29) is 11.7 Å². The molecular formula is C17H20FNO3. The summed E-state index contributed by atoms with van der Waals surface area (Å²) in [5.41, 5.74) is 2.12. The molecule has 1 aromatic heterocycles. The average Bonchev–Trinajstić information content (AvgIpc) is 2.71. The topological polar surface area (TPSA) is 42.7 Å². The molecule has 0 aliphatic rings. The monoisotopic (exact) mass is 305 g/mol. The van der Waals surface area contributed by atoms with E-state index >= 15 is 0 Å². The van der Waals surface area contributed by atoms with E-state index in [1.807, 2.05) is 13.8 Å². The van der Waals surface area contributed by atoms with Gasteiger partial charge in [0.1, 0.15) is 11.5 Å². The van der Waals surface area contributed by atoms with Crippen LogP contribution >= 0.6 is 0 Å². The highest BCUT2D eigenvalue weighted by atomic mass is 19.1. The number of amides is 1. The molecule has 118 valence electrons. The van der Waals surface area contributed by atoms with Crippen molar-refractivity contribution < 1.29 is 18.3 Å². The maximum atomic E-state index is 13.7. The largest absolute Gasteiger partial charge is 0.494 e. The summed E-state index contributed by atoms with van der Waals surface area (Å²) in [6, 6.07) is 4.68. The zero-order chi connectivity index (χ0) is 16.4. The standard InChI is InChI=1S/C17H20FNO3/c1-10-11(2)22-12(3)16(10)17(20)19(4)9-13-6-7-15(21-5)14(18)8-13/h6-8H,9H2,1-5H3. The van der Waals surface area contributed by atoms with Gasteiger partial charge in [-0.25, -0.2) is 4.39 Å². The molecule has 0 aliphatic heterocycles. The summed E-state index contributed by atoms with van der Waals surface area (Å²) in [6.07, 6.45) is 0. The molecule has 5 heteroatoms. The average molecular weight is 305 g/mol. The maximum Gasteiger partial charge on any atom is 0.257 e. The lowest BCUT2D eigenvalue weighted by Gasteiger charge is -2.18. The molecule has 0 spiro atoms. The number of carbonyl (C=O) groups excluding carboxylic acids is 1. The van der Waals surface area contributed by atoms with Gasteiger partial charge < -0.3 is 14.1 Å². The Kier molecular flexibility index (Phi) is 4.54. The maximum absolute atomic E-state index is 13.7. The van der Waals surface area contributed by atoms with Gasteiger partial charge in [0.15, 0.2) is 11.6 Å². The fourth-order valence-corrected chi connectivity index (χ4v) is 2.45. The summed E-state index contributed by atoms with van der Waals surface area (Å²) < 4.78 is 24.1. The van der Waals surface area contributed by atoms with Crippen molar-refractivity contribution in [3.05, 3.63) is 52.2 Å². The van der Waals surface area contributed by atoms with Crippen molar-refractivity contribution in [3.8, 4) is 5.75 Å². The van der Waals surface area contributed by atoms with Crippen LogP contribution in [0.5, 0.6) is 5.75 Å². The Balaban J connectivity index is 2.20. The Morgan fingerprint density at radius 3 is 2.45 bits per heavy atom. The zero-order valence-corrected chi connectivity index (χ0v) is 13.5. The van der Waals surface area contributed by atoms with Gasteiger partial charge in [-0.05, 0) is 38.5 Å². The van der Waals surface area contributed by atoms with Crippen LogP contribution in [0, 0.1) is 26.6 Å². The van der Waals surface area contributed by atoms with Crippen molar-refractivity contribution in [2.45, 2.75) is 27.3 Å². The molecule has 1 aromatic carbocycles. The van der Waals surface area contributed by atoms with Gasteiger partial charge in [0.05, 0.1) is 12.7 Å². The molecule has 1 amide bonds. The molecule has 0 fully saturated rings. The van der Waals surface area contributed by atoms with Gasteiger partial charge in [0.25, 0.3) is 5.91 Å². The quantitative estimate of drug-likeness (QED) is 0.866. The SMILES string of the molecule is COc1ccc(CN(C)C(=O)c2c(C)oc(C)c2C)cc1F. The Bertz CT molecular complexity index is 706. The molecule has 0 atom stereocenters. The number of benzene rings is 1. The van der Waals surface area contributed by atoms with E-state index in [0.29, 0.717) is 23.4 Å². The third kappa shape index (κ3) is 2.98. The zero-order valence-electron chi connectivity index (χ0n) is 13.5. The molecule has 4 nitrogen and oxygen atoms in total. The van der Waals surface area contributed by atoms with Crippen LogP contribution in [0.2, 0.25) is 0 Å². The highest BCUT2D eigenvalue weighted by molar-refractivity contribution is 5.96. The number of ether oxygens (including phenoxy) is 1. The molecule has 22 heavy (non-hydrogen) atoms. The van der Waals surface area contributed by atoms with E-state index < -0.39 is 5.82 Å². The lowest BCUT2D eigenvalue weighted by molar-refractivity contribution is 0.0782. The second-order valence-electron chi connectivity index (χ2n) is 5.34. The van der Waals surface area contributed by atoms with Crippen LogP contribution in [0.25, 0.3) is 0 Å². The number of methoxy groups -OCH3 is 1. The second-order valence-corrected chi connectivity index (χ2v) is 5.34. The molecule has 0 aliphatic carbocycles. The molecule has 0 saturated heterocycles. The van der Waals surface area contributed by atoms with E-state index in [2.05, 4.69) is 0 Å². The van der Waals surface area contributed by atoms with Crippen molar-refractivity contribution in [2.75, 3.05) is 14.2 Å². The van der Waals surface area contributed by atoms with Gasteiger partial charge in [-0.3, -0.25) is 4.79 Å². The molecule has 2 aromatic rings. The van der Waals surface area contributed by atoms with Crippen molar-refractivity contribution in [1.82, 2.24) is 4.90 Å². The Hall–Kier alpha value is -2.30. The minimum absolute atomic E-state index is 0.136. The number of aryl methyl sites for hydroxylation is 2. The summed E-state index contributed by atoms with van der Waals surface area (Å²) in [6.45, 7) is 5.77. The van der Waals surface area contributed by atoms with Crippen LogP contribution in [0.3, 0.4) is 0 Å². The van der Waals surface area contributed by atoms with Gasteiger partial charge in [-0.1, -0.05) is 6.07 Å². The summed E-state index contributed by atoms with van der Waals surface area (Å²) in [4.78, 5) is 14.1. The Labute approximate surface area is 129 Å². The third-order valence-corrected chi connectivity index (χ3v) is 3.76. The fourth-order valence-electron chi connectivity index (χ4n) is 2.45. The first kappa shape index (κ1) is 16.1. The van der Waals surface area contributed by atoms with Crippen LogP contribution in [0.4, 0.5) is 4.39 Å². The predicted octanol–water partition coefficient (Wildman–Crippen LogP) is 3.62. The molecule has 2 rings (SSSR count). The summed E-state index contributed by atoms with van der Waals surface area (Å²) in [5, 5.41) is 0. The molecular weight excluding hydrogens is 285 g/mol. The number of halogens is 1. The Morgan fingerprint density at radius 2 is 1.95 bits per heavy atom. The van der Waals surface area contributed by atoms with Crippen LogP contribution < -0.4 is 4.74 Å². The summed E-state index contributed by atoms with van der Waals surface area (Å²) in [7, 11) is 3.10. The molecule has 0 N–H and O–H groups in total. The van der Waals surface area contributed by atoms with Crippen LogP contribution in [-0.4, -0.2) is 25.0 Å². The van der Waals surface area contributed by atoms with E-state index in [0.717, 1.165) is 11.3 Å². The number of furan rings is 1. The van der Waals surface area contributed by atoms with Gasteiger partial charge in [0, 0.05) is 19.2 Å². The number of hydrogen-bond donors (Lipinski definition) is 0. The molecule has 0 unspecified atom stereocenters. The van der Waals surface area contributed by atoms with Crippen LogP contribution in [0.1, 0.15) is 33.0 Å². The molecule has 0 saturated carbocycles. The summed E-state index contributed by atoms with van der Waals surface area (Å²) >= 11 is 0. The minimum atomic E-state index is -0.438. The predicted molar refractivity (Wildman–Crippen MR) is 81.7 cm³/mol. The van der Waals surface area contributed by atoms with E-state index in [1.165, 1.54) is 13.2 Å². The van der Waals surface area contributed by atoms with E-state index in [9.17, 15) is 9.18 Å². The van der Waals surface area contributed by atoms with Gasteiger partial charge in [-0.2, -0.15) is 0 Å². The number of rotatable bonds is 4. The van der Waals surface area contributed by atoms with Crippen molar-refractivity contribution >= 4 is 5.91 Å². The van der Waals surface area contributed by atoms with Crippen LogP contribution in [-0.2, 0) is 6.54 Å². The molecule has 0 bridgehead atoms. The van der Waals surface area contributed by atoms with E-state index in [1.54, 1.807) is 31.0 Å². The van der Waals surface area contributed by atoms with Crippen molar-refractivity contribution in [1.29, 1.82) is 0 Å².